The molecule has 0 fully saturated rings. The first kappa shape index (κ1) is 13.3. The van der Waals surface area contributed by atoms with E-state index in [4.69, 9.17) is 11.6 Å². The van der Waals surface area contributed by atoms with Crippen LogP contribution in [0.5, 0.6) is 0 Å². The van der Waals surface area contributed by atoms with Gasteiger partial charge in [-0.05, 0) is 41.7 Å². The Balaban J connectivity index is 2.03. The predicted molar refractivity (Wildman–Crippen MR) is 76.7 cm³/mol. The molecule has 0 amide bonds. The second-order valence-electron chi connectivity index (χ2n) is 4.05. The van der Waals surface area contributed by atoms with Crippen LogP contribution in [0, 0.1) is 6.92 Å². The smallest absolute Gasteiger partial charge is 0.258 e. The van der Waals surface area contributed by atoms with Gasteiger partial charge in [0.2, 0.25) is 5.82 Å². The van der Waals surface area contributed by atoms with E-state index in [2.05, 4.69) is 19.7 Å². The Morgan fingerprint density at radius 2 is 2.10 bits per heavy atom. The van der Waals surface area contributed by atoms with Crippen LogP contribution in [0.25, 0.3) is 10.1 Å². The van der Waals surface area contributed by atoms with Crippen molar-refractivity contribution in [1.82, 2.24) is 10.3 Å². The summed E-state index contributed by atoms with van der Waals surface area (Å²) in [6, 6.07) is 6.78. The molecule has 1 aromatic carbocycles. The van der Waals surface area contributed by atoms with E-state index < -0.39 is 10.0 Å². The van der Waals surface area contributed by atoms with E-state index >= 15 is 0 Å². The average Bonchev–Trinajstić information content (AvgIpc) is 2.96. The van der Waals surface area contributed by atoms with Gasteiger partial charge in [-0.25, -0.2) is 13.0 Å². The number of hydrogen-bond donors (Lipinski definition) is 1. The zero-order valence-corrected chi connectivity index (χ0v) is 12.5. The van der Waals surface area contributed by atoms with E-state index in [1.165, 1.54) is 0 Å². The van der Waals surface area contributed by atoms with Crippen LogP contribution in [0.15, 0.2) is 33.1 Å². The highest BCUT2D eigenvalue weighted by molar-refractivity contribution is 7.94. The number of benzene rings is 1. The van der Waals surface area contributed by atoms with Crippen LogP contribution in [0.4, 0.5) is 5.82 Å². The number of hydrogen-bond acceptors (Lipinski definition) is 6. The van der Waals surface area contributed by atoms with Gasteiger partial charge in [0, 0.05) is 9.72 Å². The normalized spacial score (nSPS) is 11.9. The van der Waals surface area contributed by atoms with Gasteiger partial charge in [-0.3, -0.25) is 4.72 Å². The lowest BCUT2D eigenvalue weighted by Crippen LogP contribution is -2.12. The summed E-state index contributed by atoms with van der Waals surface area (Å²) >= 11 is 7.04. The number of anilines is 1. The van der Waals surface area contributed by atoms with Gasteiger partial charge in [0.05, 0.1) is 0 Å². The molecule has 0 spiro atoms. The molecule has 6 nitrogen and oxygen atoms in total. The summed E-state index contributed by atoms with van der Waals surface area (Å²) in [4.78, 5) is 0. The maximum Gasteiger partial charge on any atom is 0.272 e. The quantitative estimate of drug-likeness (QED) is 0.798. The molecule has 0 atom stereocenters. The van der Waals surface area contributed by atoms with Crippen molar-refractivity contribution in [3.05, 3.63) is 35.0 Å². The fourth-order valence-electron chi connectivity index (χ4n) is 1.62. The molecule has 0 aliphatic heterocycles. The lowest BCUT2D eigenvalue weighted by molar-refractivity contribution is 0.306. The number of nitrogens with one attached hydrogen (secondary N) is 1. The Morgan fingerprint density at radius 3 is 2.80 bits per heavy atom. The molecule has 3 rings (SSSR count). The molecule has 9 heteroatoms. The standard InChI is InChI=1S/C11H8ClN3O3S2/c1-6-11(14-18-13-6)15-20(16,17)10-5-7-4-8(12)2-3-9(7)19-10/h2-5H,1H3,(H,14,15). The molecule has 0 bridgehead atoms. The van der Waals surface area contributed by atoms with Crippen molar-refractivity contribution in [2.75, 3.05) is 4.72 Å². The summed E-state index contributed by atoms with van der Waals surface area (Å²) in [6.07, 6.45) is 0. The van der Waals surface area contributed by atoms with E-state index in [1.54, 1.807) is 31.2 Å². The Morgan fingerprint density at radius 1 is 1.30 bits per heavy atom. The molecule has 0 saturated heterocycles. The zero-order chi connectivity index (χ0) is 14.3. The number of halogens is 1. The maximum atomic E-state index is 12.3. The van der Waals surface area contributed by atoms with Gasteiger partial charge in [-0.1, -0.05) is 16.8 Å². The summed E-state index contributed by atoms with van der Waals surface area (Å²) in [7, 11) is -3.72. The molecule has 0 aliphatic carbocycles. The van der Waals surface area contributed by atoms with Gasteiger partial charge in [0.15, 0.2) is 0 Å². The third kappa shape index (κ3) is 2.37. The van der Waals surface area contributed by atoms with Crippen molar-refractivity contribution < 1.29 is 13.0 Å². The molecule has 0 unspecified atom stereocenters. The Bertz CT molecular complexity index is 885. The van der Waals surface area contributed by atoms with E-state index in [0.29, 0.717) is 10.7 Å². The molecule has 0 aliphatic rings. The van der Waals surface area contributed by atoms with Gasteiger partial charge in [0.25, 0.3) is 10.0 Å². The Hall–Kier alpha value is -1.64. The Labute approximate surface area is 123 Å². The highest BCUT2D eigenvalue weighted by atomic mass is 35.5. The second kappa shape index (κ2) is 4.72. The van der Waals surface area contributed by atoms with Gasteiger partial charge in [-0.2, -0.15) is 0 Å². The van der Waals surface area contributed by atoms with Crippen molar-refractivity contribution in [3.63, 3.8) is 0 Å². The molecule has 3 aromatic rings. The minimum absolute atomic E-state index is 0.0838. The second-order valence-corrected chi connectivity index (χ2v) is 7.48. The molecule has 104 valence electrons. The van der Waals surface area contributed by atoms with Gasteiger partial charge in [0.1, 0.15) is 9.90 Å². The molecular formula is C11H8ClN3O3S2. The summed E-state index contributed by atoms with van der Waals surface area (Å²) in [5.41, 5.74) is 0.373. The highest BCUT2D eigenvalue weighted by Crippen LogP contribution is 2.31. The third-order valence-electron chi connectivity index (χ3n) is 2.60. The first-order chi connectivity index (χ1) is 9.45. The lowest BCUT2D eigenvalue weighted by atomic mass is 10.3. The van der Waals surface area contributed by atoms with Crippen molar-refractivity contribution in [1.29, 1.82) is 0 Å². The van der Waals surface area contributed by atoms with Crippen LogP contribution in [-0.2, 0) is 10.0 Å². The Kier molecular flexibility index (Phi) is 3.15. The number of sulfonamides is 1. The number of nitrogens with zero attached hydrogens (tertiary/aromatic N) is 2. The average molecular weight is 330 g/mol. The van der Waals surface area contributed by atoms with E-state index in [-0.39, 0.29) is 10.0 Å². The first-order valence-electron chi connectivity index (χ1n) is 5.47. The van der Waals surface area contributed by atoms with Crippen molar-refractivity contribution in [3.8, 4) is 0 Å². The number of rotatable bonds is 3. The fourth-order valence-corrected chi connectivity index (χ4v) is 4.23. The molecule has 20 heavy (non-hydrogen) atoms. The minimum Gasteiger partial charge on any atom is -0.258 e. The number of aryl methyl sites for hydroxylation is 1. The predicted octanol–water partition coefficient (Wildman–Crippen LogP) is 3.05. The molecule has 2 heterocycles. The molecule has 0 saturated carbocycles. The number of fused-ring (bicyclic) bond motifs is 1. The van der Waals surface area contributed by atoms with Gasteiger partial charge >= 0.3 is 0 Å². The lowest BCUT2D eigenvalue weighted by Gasteiger charge is -2.01. The van der Waals surface area contributed by atoms with Crippen molar-refractivity contribution >= 4 is 48.9 Å². The van der Waals surface area contributed by atoms with Gasteiger partial charge < -0.3 is 0 Å². The third-order valence-corrected chi connectivity index (χ3v) is 5.77. The van der Waals surface area contributed by atoms with Crippen LogP contribution in [-0.4, -0.2) is 18.7 Å². The maximum absolute atomic E-state index is 12.3. The minimum atomic E-state index is -3.72. The van der Waals surface area contributed by atoms with Crippen molar-refractivity contribution in [2.24, 2.45) is 0 Å². The summed E-state index contributed by atoms with van der Waals surface area (Å²) < 4.78 is 32.3. The van der Waals surface area contributed by atoms with Crippen LogP contribution >= 0.6 is 22.9 Å². The van der Waals surface area contributed by atoms with Gasteiger partial charge in [-0.15, -0.1) is 11.3 Å². The fraction of sp³-hybridized carbons (Fsp3) is 0.0909. The van der Waals surface area contributed by atoms with Crippen LogP contribution < -0.4 is 4.72 Å². The molecular weight excluding hydrogens is 322 g/mol. The number of thiophene rings is 1. The van der Waals surface area contributed by atoms with E-state index in [0.717, 1.165) is 21.4 Å². The summed E-state index contributed by atoms with van der Waals surface area (Å²) in [5.74, 6) is 0.0838. The molecule has 1 N–H and O–H groups in total. The largest absolute Gasteiger partial charge is 0.272 e. The molecule has 0 radical (unpaired) electrons. The number of aromatic nitrogens is 2. The van der Waals surface area contributed by atoms with E-state index in [1.807, 2.05) is 0 Å². The first-order valence-corrected chi connectivity index (χ1v) is 8.14. The van der Waals surface area contributed by atoms with Crippen LogP contribution in [0.2, 0.25) is 5.02 Å². The monoisotopic (exact) mass is 329 g/mol. The van der Waals surface area contributed by atoms with E-state index in [9.17, 15) is 8.42 Å². The van der Waals surface area contributed by atoms with Crippen molar-refractivity contribution in [2.45, 2.75) is 11.1 Å². The molecule has 2 aromatic heterocycles. The zero-order valence-electron chi connectivity index (χ0n) is 10.1. The summed E-state index contributed by atoms with van der Waals surface area (Å²) in [5, 5.41) is 8.36. The van der Waals surface area contributed by atoms with Crippen LogP contribution in [0.3, 0.4) is 0 Å². The van der Waals surface area contributed by atoms with Crippen LogP contribution in [0.1, 0.15) is 5.69 Å². The summed E-state index contributed by atoms with van der Waals surface area (Å²) in [6.45, 7) is 1.60. The highest BCUT2D eigenvalue weighted by Gasteiger charge is 2.20. The SMILES string of the molecule is Cc1nonc1NS(=O)(=O)c1cc2cc(Cl)ccc2s1. The topological polar surface area (TPSA) is 85.1 Å².